The van der Waals surface area contributed by atoms with E-state index in [4.69, 9.17) is 20.0 Å². The van der Waals surface area contributed by atoms with E-state index in [1.54, 1.807) is 34.2 Å². The number of halogens is 2. The van der Waals surface area contributed by atoms with Crippen LogP contribution in [0.5, 0.6) is 5.75 Å². The van der Waals surface area contributed by atoms with Gasteiger partial charge in [0.05, 0.1) is 30.1 Å². The maximum Gasteiger partial charge on any atom is 0.341 e. The molecule has 13 nitrogen and oxygen atoms in total. The van der Waals surface area contributed by atoms with E-state index in [2.05, 4.69) is 25.1 Å². The SMILES string of the molecule is Nc1nc2c(cnn2CCN2CCN(c3ccc(F)c(OCC(=O)O)c3F)CC2)c2nc(-c3ccco3)nn12. The van der Waals surface area contributed by atoms with Crippen molar-refractivity contribution in [2.75, 3.05) is 50.0 Å². The van der Waals surface area contributed by atoms with Gasteiger partial charge in [-0.05, 0) is 24.3 Å². The number of carboxylic acid groups (broad SMARTS) is 1. The average molecular weight is 540 g/mol. The van der Waals surface area contributed by atoms with Crippen LogP contribution in [0.25, 0.3) is 28.3 Å². The van der Waals surface area contributed by atoms with Gasteiger partial charge in [-0.1, -0.05) is 0 Å². The molecule has 3 N–H and O–H groups in total. The Hall–Kier alpha value is -4.79. The van der Waals surface area contributed by atoms with Crippen molar-refractivity contribution in [3.63, 3.8) is 0 Å². The zero-order valence-corrected chi connectivity index (χ0v) is 20.5. The first-order valence-corrected chi connectivity index (χ1v) is 12.1. The molecule has 1 saturated heterocycles. The standard InChI is InChI=1S/C24H23F2N9O4/c25-15-3-4-16(19(26)20(15)39-13-18(36)37)33-8-5-32(6-9-33)7-10-34-22-14(12-28-34)23-29-21(17-2-1-11-38-17)31-35(23)24(27)30-22/h1-4,11-12H,5-10,13H2,(H2,27,30)(H,36,37). The largest absolute Gasteiger partial charge is 0.479 e. The summed E-state index contributed by atoms with van der Waals surface area (Å²) in [4.78, 5) is 23.8. The molecule has 0 radical (unpaired) electrons. The molecule has 0 unspecified atom stereocenters. The van der Waals surface area contributed by atoms with Crippen LogP contribution in [-0.2, 0) is 11.3 Å². The van der Waals surface area contributed by atoms with Crippen LogP contribution < -0.4 is 15.4 Å². The molecule has 4 aromatic heterocycles. The van der Waals surface area contributed by atoms with Gasteiger partial charge in [-0.15, -0.1) is 5.10 Å². The summed E-state index contributed by atoms with van der Waals surface area (Å²) in [7, 11) is 0. The van der Waals surface area contributed by atoms with Gasteiger partial charge >= 0.3 is 5.97 Å². The first kappa shape index (κ1) is 24.5. The van der Waals surface area contributed by atoms with Crippen molar-refractivity contribution >= 4 is 34.3 Å². The Morgan fingerprint density at radius 1 is 1.10 bits per heavy atom. The number of fused-ring (bicyclic) bond motifs is 3. The summed E-state index contributed by atoms with van der Waals surface area (Å²) in [6.07, 6.45) is 3.22. The highest BCUT2D eigenvalue weighted by molar-refractivity contribution is 5.90. The molecule has 1 aromatic carbocycles. The Kier molecular flexibility index (Phi) is 6.18. The van der Waals surface area contributed by atoms with Crippen molar-refractivity contribution < 1.29 is 27.8 Å². The minimum atomic E-state index is -1.32. The highest BCUT2D eigenvalue weighted by Gasteiger charge is 2.24. The second-order valence-corrected chi connectivity index (χ2v) is 8.94. The van der Waals surface area contributed by atoms with E-state index in [9.17, 15) is 13.6 Å². The highest BCUT2D eigenvalue weighted by atomic mass is 19.1. The molecule has 0 atom stereocenters. The molecule has 0 amide bonds. The van der Waals surface area contributed by atoms with Crippen LogP contribution in [0.1, 0.15) is 0 Å². The molecule has 202 valence electrons. The minimum Gasteiger partial charge on any atom is -0.479 e. The Labute approximate surface area is 219 Å². The van der Waals surface area contributed by atoms with Gasteiger partial charge in [0.2, 0.25) is 11.8 Å². The molecular weight excluding hydrogens is 516 g/mol. The van der Waals surface area contributed by atoms with E-state index in [1.807, 2.05) is 0 Å². The fourth-order valence-corrected chi connectivity index (χ4v) is 4.61. The summed E-state index contributed by atoms with van der Waals surface area (Å²) in [5.74, 6) is -2.78. The summed E-state index contributed by atoms with van der Waals surface area (Å²) in [6, 6.07) is 5.92. The average Bonchev–Trinajstić information content (AvgIpc) is 3.68. The number of benzene rings is 1. The molecule has 39 heavy (non-hydrogen) atoms. The van der Waals surface area contributed by atoms with Crippen molar-refractivity contribution in [3.8, 4) is 17.3 Å². The molecule has 1 fully saturated rings. The minimum absolute atomic E-state index is 0.167. The number of furan rings is 1. The lowest BCUT2D eigenvalue weighted by molar-refractivity contribution is -0.139. The maximum atomic E-state index is 14.9. The van der Waals surface area contributed by atoms with E-state index in [-0.39, 0.29) is 11.6 Å². The quantitative estimate of drug-likeness (QED) is 0.297. The van der Waals surface area contributed by atoms with Gasteiger partial charge in [0.15, 0.2) is 41.0 Å². The topological polar surface area (TPSA) is 153 Å². The van der Waals surface area contributed by atoms with E-state index in [0.29, 0.717) is 67.5 Å². The number of carbonyl (C=O) groups is 1. The summed E-state index contributed by atoms with van der Waals surface area (Å²) in [5, 5.41) is 18.3. The molecule has 0 spiro atoms. The number of nitrogen functional groups attached to an aromatic ring is 1. The van der Waals surface area contributed by atoms with Gasteiger partial charge in [-0.3, -0.25) is 4.90 Å². The normalized spacial score (nSPS) is 14.5. The van der Waals surface area contributed by atoms with Crippen molar-refractivity contribution in [2.45, 2.75) is 6.54 Å². The number of nitrogens with zero attached hydrogens (tertiary/aromatic N) is 8. The molecule has 0 aliphatic carbocycles. The number of aromatic nitrogens is 6. The molecule has 1 aliphatic heterocycles. The van der Waals surface area contributed by atoms with Gasteiger partial charge in [0.25, 0.3) is 0 Å². The number of aliphatic carboxylic acids is 1. The Morgan fingerprint density at radius 2 is 1.92 bits per heavy atom. The van der Waals surface area contributed by atoms with Gasteiger partial charge < -0.3 is 24.9 Å². The molecule has 6 rings (SSSR count). The van der Waals surface area contributed by atoms with E-state index < -0.39 is 30.0 Å². The van der Waals surface area contributed by atoms with Crippen LogP contribution in [0.3, 0.4) is 0 Å². The number of ether oxygens (including phenoxy) is 1. The molecule has 15 heteroatoms. The first-order valence-electron chi connectivity index (χ1n) is 12.1. The zero-order chi connectivity index (χ0) is 27.1. The fraction of sp³-hybridized carbons (Fsp3) is 0.292. The molecule has 0 bridgehead atoms. The van der Waals surface area contributed by atoms with Crippen molar-refractivity contribution in [2.24, 2.45) is 0 Å². The molecule has 5 aromatic rings. The van der Waals surface area contributed by atoms with E-state index in [1.165, 1.54) is 10.6 Å². The second kappa shape index (κ2) is 9.83. The van der Waals surface area contributed by atoms with Crippen molar-refractivity contribution in [1.29, 1.82) is 0 Å². The summed E-state index contributed by atoms with van der Waals surface area (Å²) >= 11 is 0. The molecular formula is C24H23F2N9O4. The number of anilines is 2. The Balaban J connectivity index is 1.13. The summed E-state index contributed by atoms with van der Waals surface area (Å²) < 4.78 is 42.4. The number of piperazine rings is 1. The third-order valence-corrected chi connectivity index (χ3v) is 6.55. The summed E-state index contributed by atoms with van der Waals surface area (Å²) in [6.45, 7) is 2.57. The Bertz CT molecular complexity index is 1660. The fourth-order valence-electron chi connectivity index (χ4n) is 4.61. The van der Waals surface area contributed by atoms with Gasteiger partial charge in [-0.25, -0.2) is 23.2 Å². The predicted molar refractivity (Wildman–Crippen MR) is 134 cm³/mol. The van der Waals surface area contributed by atoms with Crippen LogP contribution in [-0.4, -0.2) is 84.7 Å². The van der Waals surface area contributed by atoms with Crippen molar-refractivity contribution in [1.82, 2.24) is 34.3 Å². The monoisotopic (exact) mass is 539 g/mol. The van der Waals surface area contributed by atoms with Crippen LogP contribution in [0.4, 0.5) is 20.4 Å². The molecule has 1 aliphatic rings. The predicted octanol–water partition coefficient (Wildman–Crippen LogP) is 1.88. The van der Waals surface area contributed by atoms with Gasteiger partial charge in [-0.2, -0.15) is 14.6 Å². The van der Waals surface area contributed by atoms with Crippen LogP contribution in [0, 0.1) is 11.6 Å². The third kappa shape index (κ3) is 4.56. The summed E-state index contributed by atoms with van der Waals surface area (Å²) in [5.41, 5.74) is 7.44. The number of hydrogen-bond donors (Lipinski definition) is 2. The van der Waals surface area contributed by atoms with E-state index in [0.717, 1.165) is 6.07 Å². The zero-order valence-electron chi connectivity index (χ0n) is 20.5. The van der Waals surface area contributed by atoms with Gasteiger partial charge in [0.1, 0.15) is 0 Å². The lowest BCUT2D eigenvalue weighted by Crippen LogP contribution is -2.47. The molecule has 0 saturated carbocycles. The van der Waals surface area contributed by atoms with E-state index >= 15 is 0 Å². The van der Waals surface area contributed by atoms with Crippen molar-refractivity contribution in [3.05, 3.63) is 48.4 Å². The number of rotatable bonds is 8. The maximum absolute atomic E-state index is 14.9. The number of carboxylic acids is 1. The van der Waals surface area contributed by atoms with Gasteiger partial charge in [0, 0.05) is 32.7 Å². The van der Waals surface area contributed by atoms with Crippen LogP contribution >= 0.6 is 0 Å². The highest BCUT2D eigenvalue weighted by Crippen LogP contribution is 2.31. The number of hydrogen-bond acceptors (Lipinski definition) is 10. The smallest absolute Gasteiger partial charge is 0.341 e. The lowest BCUT2D eigenvalue weighted by Gasteiger charge is -2.36. The van der Waals surface area contributed by atoms with Crippen LogP contribution in [0.2, 0.25) is 0 Å². The lowest BCUT2D eigenvalue weighted by atomic mass is 10.2. The Morgan fingerprint density at radius 3 is 2.67 bits per heavy atom. The third-order valence-electron chi connectivity index (χ3n) is 6.55. The van der Waals surface area contributed by atoms with Crippen LogP contribution in [0.15, 0.2) is 41.1 Å². The first-order chi connectivity index (χ1) is 18.9. The number of nitrogens with two attached hydrogens (primary N) is 1. The molecule has 5 heterocycles. The second-order valence-electron chi connectivity index (χ2n) is 8.94.